The van der Waals surface area contributed by atoms with Gasteiger partial charge in [0.15, 0.2) is 0 Å². The van der Waals surface area contributed by atoms with Crippen molar-refractivity contribution in [1.82, 2.24) is 5.17 Å². The number of hydrazine groups is 1. The number of hydroxylamine groups is 1. The van der Waals surface area contributed by atoms with E-state index in [1.54, 1.807) is 0 Å². The largest absolute Gasteiger partial charge is 0.480 e. The van der Waals surface area contributed by atoms with Crippen LogP contribution >= 0.6 is 0 Å². The normalized spacial score (nSPS) is 14.0. The van der Waals surface area contributed by atoms with Gasteiger partial charge in [-0.15, -0.1) is 5.17 Å². The highest BCUT2D eigenvalue weighted by atomic mass is 16.5. The van der Waals surface area contributed by atoms with Gasteiger partial charge in [0, 0.05) is 0 Å². The van der Waals surface area contributed by atoms with E-state index in [1.807, 2.05) is 0 Å². The maximum absolute atomic E-state index is 9.86. The fraction of sp³-hybridized carbons (Fsp3) is 0.667. The van der Waals surface area contributed by atoms with Crippen molar-refractivity contribution in [2.24, 2.45) is 5.84 Å². The highest BCUT2D eigenvalue weighted by molar-refractivity contribution is 5.72. The van der Waals surface area contributed by atoms with E-state index >= 15 is 0 Å². The van der Waals surface area contributed by atoms with Crippen LogP contribution in [0, 0.1) is 0 Å². The van der Waals surface area contributed by atoms with E-state index in [0.717, 1.165) is 0 Å². The van der Waals surface area contributed by atoms with Crippen molar-refractivity contribution in [3.8, 4) is 0 Å². The molecule has 0 rings (SSSR count). The molecule has 0 saturated heterocycles. The fourth-order valence-electron chi connectivity index (χ4n) is 0.113. The summed E-state index contributed by atoms with van der Waals surface area (Å²) in [5.41, 5.74) is 0. The molecule has 5 heteroatoms. The van der Waals surface area contributed by atoms with E-state index in [4.69, 9.17) is 10.3 Å². The number of carboxylic acid groups (broad SMARTS) is 1. The average molecular weight is 120 g/mol. The van der Waals surface area contributed by atoms with Gasteiger partial charge < -0.3 is 5.11 Å². The molecular weight excluding hydrogens is 112 g/mol. The van der Waals surface area contributed by atoms with Gasteiger partial charge >= 0.3 is 5.97 Å². The number of hydrogen-bond acceptors (Lipinski definition) is 4. The topological polar surface area (TPSA) is 86.8 Å². The molecule has 48 valence electrons. The molecular formula is C3H8N2O3. The molecule has 1 atom stereocenters. The Kier molecular flexibility index (Phi) is 2.40. The van der Waals surface area contributed by atoms with Crippen molar-refractivity contribution < 1.29 is 15.1 Å². The number of rotatable bonds is 2. The zero-order chi connectivity index (χ0) is 6.73. The lowest BCUT2D eigenvalue weighted by Crippen LogP contribution is -2.41. The fourth-order valence-corrected chi connectivity index (χ4v) is 0.113. The summed E-state index contributed by atoms with van der Waals surface area (Å²) >= 11 is 0. The van der Waals surface area contributed by atoms with Gasteiger partial charge in [0.2, 0.25) is 0 Å². The van der Waals surface area contributed by atoms with Gasteiger partial charge in [0.1, 0.15) is 6.04 Å². The van der Waals surface area contributed by atoms with Gasteiger partial charge in [0.25, 0.3) is 0 Å². The first-order valence-corrected chi connectivity index (χ1v) is 2.01. The third-order valence-corrected chi connectivity index (χ3v) is 0.754. The Bertz CT molecular complexity index is 92.5. The van der Waals surface area contributed by atoms with Gasteiger partial charge in [-0.3, -0.25) is 10.0 Å². The number of nitrogens with two attached hydrogens (primary N) is 1. The minimum Gasteiger partial charge on any atom is -0.480 e. The highest BCUT2D eigenvalue weighted by Gasteiger charge is 2.14. The summed E-state index contributed by atoms with van der Waals surface area (Å²) in [7, 11) is 0. The van der Waals surface area contributed by atoms with Crippen LogP contribution in [0.1, 0.15) is 6.92 Å². The molecule has 0 aromatic rings. The molecule has 8 heavy (non-hydrogen) atoms. The number of carbonyl (C=O) groups is 1. The van der Waals surface area contributed by atoms with E-state index in [2.05, 4.69) is 5.84 Å². The summed E-state index contributed by atoms with van der Waals surface area (Å²) < 4.78 is 0. The van der Waals surface area contributed by atoms with Crippen LogP contribution in [0.25, 0.3) is 0 Å². The Balaban J connectivity index is 3.64. The predicted molar refractivity (Wildman–Crippen MR) is 24.9 cm³/mol. The van der Waals surface area contributed by atoms with Crippen LogP contribution in [0.2, 0.25) is 0 Å². The minimum atomic E-state index is -1.16. The van der Waals surface area contributed by atoms with Gasteiger partial charge in [-0.05, 0) is 6.92 Å². The van der Waals surface area contributed by atoms with E-state index in [-0.39, 0.29) is 5.17 Å². The summed E-state index contributed by atoms with van der Waals surface area (Å²) in [5, 5.41) is 16.4. The van der Waals surface area contributed by atoms with E-state index in [9.17, 15) is 4.79 Å². The minimum absolute atomic E-state index is 0.141. The third kappa shape index (κ3) is 1.87. The van der Waals surface area contributed by atoms with Gasteiger partial charge in [0.05, 0.1) is 0 Å². The molecule has 4 N–H and O–H groups in total. The molecule has 0 aliphatic rings. The first-order chi connectivity index (χ1) is 3.55. The Labute approximate surface area is 46.2 Å². The molecule has 0 heterocycles. The Morgan fingerprint density at radius 1 is 1.88 bits per heavy atom. The van der Waals surface area contributed by atoms with Crippen molar-refractivity contribution in [3.05, 3.63) is 0 Å². The predicted octanol–water partition coefficient (Wildman–Crippen LogP) is -0.976. The Morgan fingerprint density at radius 2 is 2.25 bits per heavy atom. The average Bonchev–Trinajstić information content (AvgIpc) is 1.64. The van der Waals surface area contributed by atoms with Crippen molar-refractivity contribution in [2.75, 3.05) is 0 Å². The Morgan fingerprint density at radius 3 is 2.25 bits per heavy atom. The standard InChI is InChI=1S/C3H8N2O3/c1-2(3(6)7)5(4)8/h2,8H,4H2,1H3,(H,6,7)/t2-/m0/s1. The van der Waals surface area contributed by atoms with Gasteiger partial charge in [-0.2, -0.15) is 0 Å². The van der Waals surface area contributed by atoms with Crippen molar-refractivity contribution in [3.63, 3.8) is 0 Å². The van der Waals surface area contributed by atoms with Crippen molar-refractivity contribution in [2.45, 2.75) is 13.0 Å². The lowest BCUT2D eigenvalue weighted by atomic mass is 10.4. The van der Waals surface area contributed by atoms with E-state index in [1.165, 1.54) is 6.92 Å². The maximum Gasteiger partial charge on any atom is 0.324 e. The van der Waals surface area contributed by atoms with Crippen LogP contribution in [0.4, 0.5) is 0 Å². The molecule has 5 nitrogen and oxygen atoms in total. The maximum atomic E-state index is 9.86. The van der Waals surface area contributed by atoms with Gasteiger partial charge in [-0.25, -0.2) is 5.84 Å². The second-order valence-electron chi connectivity index (χ2n) is 1.39. The van der Waals surface area contributed by atoms with Crippen LogP contribution in [-0.2, 0) is 4.79 Å². The smallest absolute Gasteiger partial charge is 0.324 e. The lowest BCUT2D eigenvalue weighted by molar-refractivity contribution is -0.168. The number of carboxylic acids is 1. The Hall–Kier alpha value is -0.650. The summed E-state index contributed by atoms with van der Waals surface area (Å²) in [5.74, 6) is 3.49. The second kappa shape index (κ2) is 2.61. The lowest BCUT2D eigenvalue weighted by Gasteiger charge is -2.10. The molecule has 0 bridgehead atoms. The van der Waals surface area contributed by atoms with Crippen LogP contribution in [0.15, 0.2) is 0 Å². The molecule has 0 aliphatic carbocycles. The molecule has 0 spiro atoms. The van der Waals surface area contributed by atoms with Crippen LogP contribution in [0.3, 0.4) is 0 Å². The molecule has 0 saturated carbocycles. The SMILES string of the molecule is C[C@@H](C(=O)O)N(N)O. The highest BCUT2D eigenvalue weighted by Crippen LogP contribution is 1.85. The first kappa shape index (κ1) is 7.35. The second-order valence-corrected chi connectivity index (χ2v) is 1.39. The first-order valence-electron chi connectivity index (χ1n) is 2.01. The van der Waals surface area contributed by atoms with Crippen LogP contribution < -0.4 is 5.84 Å². The van der Waals surface area contributed by atoms with Gasteiger partial charge in [-0.1, -0.05) is 0 Å². The quantitative estimate of drug-likeness (QED) is 0.322. The summed E-state index contributed by atoms with van der Waals surface area (Å²) in [6.07, 6.45) is 0. The molecule has 0 radical (unpaired) electrons. The number of nitrogens with zero attached hydrogens (tertiary/aromatic N) is 1. The molecule has 0 fully saturated rings. The molecule has 0 aromatic heterocycles. The molecule has 0 aromatic carbocycles. The summed E-state index contributed by atoms with van der Waals surface area (Å²) in [6, 6.07) is -1.05. The number of aliphatic carboxylic acids is 1. The molecule has 0 unspecified atom stereocenters. The van der Waals surface area contributed by atoms with Crippen molar-refractivity contribution >= 4 is 5.97 Å². The molecule has 0 aliphatic heterocycles. The zero-order valence-electron chi connectivity index (χ0n) is 4.40. The van der Waals surface area contributed by atoms with Crippen LogP contribution in [0.5, 0.6) is 0 Å². The van der Waals surface area contributed by atoms with E-state index < -0.39 is 12.0 Å². The number of hydrogen-bond donors (Lipinski definition) is 3. The monoisotopic (exact) mass is 120 g/mol. The summed E-state index contributed by atoms with van der Waals surface area (Å²) in [4.78, 5) is 9.86. The zero-order valence-corrected chi connectivity index (χ0v) is 4.40. The summed E-state index contributed by atoms with van der Waals surface area (Å²) in [6.45, 7) is 1.27. The van der Waals surface area contributed by atoms with Crippen molar-refractivity contribution in [1.29, 1.82) is 0 Å². The van der Waals surface area contributed by atoms with Crippen LogP contribution in [-0.4, -0.2) is 27.5 Å². The molecule has 0 amide bonds. The third-order valence-electron chi connectivity index (χ3n) is 0.754. The van der Waals surface area contributed by atoms with E-state index in [0.29, 0.717) is 0 Å².